The van der Waals surface area contributed by atoms with Crippen molar-refractivity contribution < 1.29 is 14.3 Å². The van der Waals surface area contributed by atoms with Gasteiger partial charge in [0.25, 0.3) is 5.91 Å². The molecular weight excluding hydrogens is 244 g/mol. The highest BCUT2D eigenvalue weighted by Gasteiger charge is 2.21. The van der Waals surface area contributed by atoms with Gasteiger partial charge in [0.15, 0.2) is 6.61 Å². The summed E-state index contributed by atoms with van der Waals surface area (Å²) in [5.41, 5.74) is 0.436. The lowest BCUT2D eigenvalue weighted by Gasteiger charge is -2.31. The number of carbonyl (C=O) groups excluding carboxylic acids is 1. The van der Waals surface area contributed by atoms with Crippen LogP contribution in [-0.2, 0) is 9.53 Å². The van der Waals surface area contributed by atoms with Crippen LogP contribution in [0, 0.1) is 11.3 Å². The first-order valence-corrected chi connectivity index (χ1v) is 6.22. The van der Waals surface area contributed by atoms with E-state index in [1.165, 1.54) is 0 Å². The number of morpholine rings is 1. The monoisotopic (exact) mass is 260 g/mol. The molecule has 1 saturated heterocycles. The second-order valence-electron chi connectivity index (χ2n) is 4.42. The zero-order valence-electron chi connectivity index (χ0n) is 10.8. The second kappa shape index (κ2) is 6.21. The second-order valence-corrected chi connectivity index (χ2v) is 4.42. The van der Waals surface area contributed by atoms with E-state index in [1.54, 1.807) is 29.2 Å². The highest BCUT2D eigenvalue weighted by molar-refractivity contribution is 5.78. The van der Waals surface area contributed by atoms with Gasteiger partial charge in [0, 0.05) is 13.1 Å². The van der Waals surface area contributed by atoms with E-state index >= 15 is 0 Å². The zero-order valence-corrected chi connectivity index (χ0v) is 10.8. The lowest BCUT2D eigenvalue weighted by Crippen LogP contribution is -2.46. The molecule has 0 N–H and O–H groups in total. The zero-order chi connectivity index (χ0) is 13.7. The van der Waals surface area contributed by atoms with Crippen molar-refractivity contribution >= 4 is 5.91 Å². The predicted octanol–water partition coefficient (Wildman–Crippen LogP) is 1.18. The van der Waals surface area contributed by atoms with Gasteiger partial charge in [0.05, 0.1) is 18.3 Å². The number of rotatable bonds is 3. The van der Waals surface area contributed by atoms with Crippen molar-refractivity contribution in [3.63, 3.8) is 0 Å². The molecule has 1 aliphatic heterocycles. The van der Waals surface area contributed by atoms with Crippen molar-refractivity contribution in [3.05, 3.63) is 29.8 Å². The fraction of sp³-hybridized carbons (Fsp3) is 0.429. The summed E-state index contributed by atoms with van der Waals surface area (Å²) in [5.74, 6) is 0.363. The Labute approximate surface area is 112 Å². The molecule has 1 aromatic carbocycles. The fourth-order valence-corrected chi connectivity index (χ4v) is 1.96. The number of benzene rings is 1. The van der Waals surface area contributed by atoms with E-state index in [4.69, 9.17) is 14.7 Å². The van der Waals surface area contributed by atoms with Crippen molar-refractivity contribution in [2.45, 2.75) is 13.0 Å². The molecule has 0 saturated carbocycles. The number of ether oxygens (including phenoxy) is 2. The Balaban J connectivity index is 1.91. The number of para-hydroxylation sites is 1. The molecule has 1 aromatic rings. The molecule has 1 aliphatic rings. The van der Waals surface area contributed by atoms with Crippen molar-refractivity contribution in [3.8, 4) is 11.8 Å². The topological polar surface area (TPSA) is 62.6 Å². The number of nitriles is 1. The van der Waals surface area contributed by atoms with Gasteiger partial charge in [-0.25, -0.2) is 0 Å². The first kappa shape index (κ1) is 13.4. The van der Waals surface area contributed by atoms with Crippen molar-refractivity contribution in [2.24, 2.45) is 0 Å². The van der Waals surface area contributed by atoms with Crippen LogP contribution in [-0.4, -0.2) is 43.2 Å². The summed E-state index contributed by atoms with van der Waals surface area (Å²) in [4.78, 5) is 13.7. The first-order chi connectivity index (χ1) is 9.20. The fourth-order valence-electron chi connectivity index (χ4n) is 1.96. The number of hydrogen-bond donors (Lipinski definition) is 0. The number of hydrogen-bond acceptors (Lipinski definition) is 4. The summed E-state index contributed by atoms with van der Waals surface area (Å²) in [5, 5.41) is 8.93. The number of carbonyl (C=O) groups is 1. The summed E-state index contributed by atoms with van der Waals surface area (Å²) in [6, 6.07) is 8.92. The molecule has 1 fully saturated rings. The summed E-state index contributed by atoms with van der Waals surface area (Å²) in [7, 11) is 0. The van der Waals surface area contributed by atoms with E-state index in [1.807, 2.05) is 13.0 Å². The minimum absolute atomic E-state index is 0.0502. The van der Waals surface area contributed by atoms with Gasteiger partial charge >= 0.3 is 0 Å². The largest absolute Gasteiger partial charge is 0.482 e. The molecular formula is C14H16N2O3. The molecule has 100 valence electrons. The molecule has 0 unspecified atom stereocenters. The lowest BCUT2D eigenvalue weighted by atomic mass is 10.2. The molecule has 0 aromatic heterocycles. The Kier molecular flexibility index (Phi) is 4.37. The van der Waals surface area contributed by atoms with Crippen LogP contribution in [0.15, 0.2) is 24.3 Å². The van der Waals surface area contributed by atoms with Gasteiger partial charge in [-0.15, -0.1) is 0 Å². The first-order valence-electron chi connectivity index (χ1n) is 6.22. The predicted molar refractivity (Wildman–Crippen MR) is 68.6 cm³/mol. The standard InChI is InChI=1S/C14H16N2O3/c1-11-9-16(6-7-18-11)14(17)10-19-13-5-3-2-4-12(13)8-15/h2-5,11H,6-7,9-10H2,1H3/t11-/m0/s1. The van der Waals surface area contributed by atoms with Gasteiger partial charge in [-0.05, 0) is 19.1 Å². The van der Waals surface area contributed by atoms with Gasteiger partial charge in [0.1, 0.15) is 11.8 Å². The van der Waals surface area contributed by atoms with Gasteiger partial charge in [-0.3, -0.25) is 4.79 Å². The van der Waals surface area contributed by atoms with Crippen LogP contribution in [0.1, 0.15) is 12.5 Å². The van der Waals surface area contributed by atoms with E-state index in [0.717, 1.165) is 0 Å². The SMILES string of the molecule is C[C@H]1CN(C(=O)COc2ccccc2C#N)CCO1. The molecule has 5 heteroatoms. The quantitative estimate of drug-likeness (QED) is 0.818. The van der Waals surface area contributed by atoms with Crippen LogP contribution in [0.2, 0.25) is 0 Å². The van der Waals surface area contributed by atoms with Gasteiger partial charge in [-0.1, -0.05) is 12.1 Å². The van der Waals surface area contributed by atoms with E-state index in [2.05, 4.69) is 0 Å². The maximum Gasteiger partial charge on any atom is 0.260 e. The third-order valence-electron chi connectivity index (χ3n) is 2.95. The summed E-state index contributed by atoms with van der Waals surface area (Å²) >= 11 is 0. The molecule has 0 bridgehead atoms. The lowest BCUT2D eigenvalue weighted by molar-refractivity contribution is -0.140. The normalized spacial score (nSPS) is 18.7. The van der Waals surface area contributed by atoms with Gasteiger partial charge in [-0.2, -0.15) is 5.26 Å². The van der Waals surface area contributed by atoms with E-state index < -0.39 is 0 Å². The van der Waals surface area contributed by atoms with Gasteiger partial charge < -0.3 is 14.4 Å². The van der Waals surface area contributed by atoms with Crippen LogP contribution < -0.4 is 4.74 Å². The summed E-state index contributed by atoms with van der Waals surface area (Å²) in [6.45, 7) is 3.62. The van der Waals surface area contributed by atoms with Crippen LogP contribution in [0.5, 0.6) is 5.75 Å². The Morgan fingerprint density at radius 2 is 2.37 bits per heavy atom. The third-order valence-corrected chi connectivity index (χ3v) is 2.95. The minimum Gasteiger partial charge on any atom is -0.482 e. The molecule has 1 heterocycles. The van der Waals surface area contributed by atoms with Crippen LogP contribution in [0.4, 0.5) is 0 Å². The maximum absolute atomic E-state index is 12.0. The van der Waals surface area contributed by atoms with E-state index in [9.17, 15) is 4.79 Å². The Morgan fingerprint density at radius 1 is 1.58 bits per heavy atom. The van der Waals surface area contributed by atoms with Crippen molar-refractivity contribution in [2.75, 3.05) is 26.3 Å². The summed E-state index contributed by atoms with van der Waals surface area (Å²) in [6.07, 6.45) is 0.0593. The Bertz CT molecular complexity index is 496. The van der Waals surface area contributed by atoms with E-state index in [0.29, 0.717) is 31.0 Å². The average Bonchev–Trinajstić information content (AvgIpc) is 2.45. The highest BCUT2D eigenvalue weighted by Crippen LogP contribution is 2.16. The number of amides is 1. The molecule has 0 aliphatic carbocycles. The maximum atomic E-state index is 12.0. The van der Waals surface area contributed by atoms with E-state index in [-0.39, 0.29) is 18.6 Å². The van der Waals surface area contributed by atoms with Crippen molar-refractivity contribution in [1.29, 1.82) is 5.26 Å². The molecule has 0 spiro atoms. The van der Waals surface area contributed by atoms with Crippen LogP contribution >= 0.6 is 0 Å². The molecule has 19 heavy (non-hydrogen) atoms. The van der Waals surface area contributed by atoms with Crippen molar-refractivity contribution in [1.82, 2.24) is 4.90 Å². The Hall–Kier alpha value is -2.06. The Morgan fingerprint density at radius 3 is 3.11 bits per heavy atom. The minimum atomic E-state index is -0.0807. The molecule has 5 nitrogen and oxygen atoms in total. The smallest absolute Gasteiger partial charge is 0.260 e. The number of nitrogens with zero attached hydrogens (tertiary/aromatic N) is 2. The molecule has 0 radical (unpaired) electrons. The molecule has 1 amide bonds. The average molecular weight is 260 g/mol. The van der Waals surface area contributed by atoms with Gasteiger partial charge in [0.2, 0.25) is 0 Å². The third kappa shape index (κ3) is 3.46. The van der Waals surface area contributed by atoms with Crippen LogP contribution in [0.25, 0.3) is 0 Å². The highest BCUT2D eigenvalue weighted by atomic mass is 16.5. The summed E-state index contributed by atoms with van der Waals surface area (Å²) < 4.78 is 10.8. The molecule has 2 rings (SSSR count). The van der Waals surface area contributed by atoms with Crippen LogP contribution in [0.3, 0.4) is 0 Å². The molecule has 1 atom stereocenters.